The lowest BCUT2D eigenvalue weighted by Gasteiger charge is -2.39. The lowest BCUT2D eigenvalue weighted by molar-refractivity contribution is -0.165. The Morgan fingerprint density at radius 1 is 0.936 bits per heavy atom. The number of aliphatic hydroxyl groups excluding tert-OH is 1. The van der Waals surface area contributed by atoms with Gasteiger partial charge in [-0.05, 0) is 32.8 Å². The Morgan fingerprint density at radius 2 is 1.55 bits per heavy atom. The number of hydrogen-bond donors (Lipinski definition) is 9. The van der Waals surface area contributed by atoms with Crippen molar-refractivity contribution in [1.29, 1.82) is 0 Å². The van der Waals surface area contributed by atoms with Crippen LogP contribution in [0.1, 0.15) is 91.1 Å². The second-order valence-corrected chi connectivity index (χ2v) is 24.4. The molecular formula is C51H74N6O19P2. The van der Waals surface area contributed by atoms with E-state index in [1.807, 2.05) is 0 Å². The number of hydrogen-bond acceptors (Lipinski definition) is 18. The van der Waals surface area contributed by atoms with Crippen molar-refractivity contribution in [3.05, 3.63) is 58.0 Å². The molecular weight excluding hydrogens is 1060 g/mol. The van der Waals surface area contributed by atoms with E-state index in [1.165, 1.54) is 52.2 Å². The highest BCUT2D eigenvalue weighted by molar-refractivity contribution is 7.70. The van der Waals surface area contributed by atoms with Crippen molar-refractivity contribution in [2.75, 3.05) is 52.3 Å². The minimum Gasteiger partial charge on any atom is -0.507 e. The third-order valence-corrected chi connectivity index (χ3v) is 17.5. The maximum atomic E-state index is 14.7. The van der Waals surface area contributed by atoms with E-state index in [1.54, 1.807) is 33.0 Å². The van der Waals surface area contributed by atoms with Gasteiger partial charge in [-0.15, -0.1) is 0 Å². The molecule has 1 fully saturated rings. The molecule has 1 saturated heterocycles. The molecule has 5 rings (SSSR count). The van der Waals surface area contributed by atoms with Crippen LogP contribution in [0, 0.1) is 36.5 Å². The SMILES string of the molecule is CCOc1c(C)c(O)c2c(O)c3c4c(c2c1C(=O)O/C=C/[C@H](OC)[C@@H](C)[C@@H](OC(C)=O)[C@H](C)[C@H](O)[C@H](C)[C@@H](OC(=O)CN(C)C(=O)NC(P(=O)(O)O)P(=O)(O)O)[C@@H](C)/C=C/C=C(/C)C(=O)N=3)NC1(CCN(CC(C)C)CC1)N=4. The van der Waals surface area contributed by atoms with E-state index in [2.05, 4.69) is 29.1 Å². The van der Waals surface area contributed by atoms with E-state index in [0.717, 1.165) is 26.8 Å². The molecule has 27 heteroatoms. The topological polar surface area (TPSA) is 363 Å². The van der Waals surface area contributed by atoms with Crippen LogP contribution in [-0.2, 0) is 42.5 Å². The number of cyclic esters (lactones) is 1. The van der Waals surface area contributed by atoms with Crippen LogP contribution in [0.5, 0.6) is 17.2 Å². The number of ether oxygens (including phenoxy) is 5. The first-order valence-corrected chi connectivity index (χ1v) is 28.8. The van der Waals surface area contributed by atoms with Gasteiger partial charge in [0.05, 0.1) is 36.2 Å². The zero-order valence-corrected chi connectivity index (χ0v) is 47.6. The van der Waals surface area contributed by atoms with Crippen LogP contribution in [0.3, 0.4) is 0 Å². The first-order valence-electron chi connectivity index (χ1n) is 25.4. The van der Waals surface area contributed by atoms with Crippen molar-refractivity contribution in [3.8, 4) is 17.2 Å². The Balaban J connectivity index is 1.71. The number of amides is 3. The van der Waals surface area contributed by atoms with Gasteiger partial charge in [0.25, 0.3) is 5.91 Å². The van der Waals surface area contributed by atoms with Gasteiger partial charge in [-0.1, -0.05) is 59.8 Å². The summed E-state index contributed by atoms with van der Waals surface area (Å²) in [6.07, 6.45) is 2.88. The van der Waals surface area contributed by atoms with Crippen LogP contribution in [0.4, 0.5) is 10.5 Å². The standard InChI is InChI=1S/C51H74N6O19P2/c1-13-73-46-31(9)42(61)36-35-37(46)48(64)74-22-17-33(72-12)28(6)45(75-32(10)58)30(8)41(60)29(7)44(76-34(59)24-56(11)49(65)53-50(77(66,67)68)78(69,70)71)26(4)15-14-16-27(5)47(63)52-40(43(36)62)39-38(35)54-51(55-39)18-20-57(21-19-51)23-25(2)3/h14-17,22,25-26,28-30,33,41,44-45,50,54,60-62H,13,18-21,23-24H2,1-12H3,(H,53,65)(H2,66,67,68)(H2,69,70,71)/b15-14+,22-17+,27-16-,52-40?/t26-,28+,29-,30+,33-,41+,44-,45+/m0/s1. The quantitative estimate of drug-likeness (QED) is 0.0631. The second kappa shape index (κ2) is 25.6. The Morgan fingerprint density at radius 3 is 2.12 bits per heavy atom. The van der Waals surface area contributed by atoms with Crippen molar-refractivity contribution >= 4 is 61.5 Å². The molecule has 0 radical (unpaired) electrons. The van der Waals surface area contributed by atoms with Crippen LogP contribution in [0.15, 0.2) is 46.1 Å². The van der Waals surface area contributed by atoms with E-state index in [4.69, 9.17) is 28.7 Å². The summed E-state index contributed by atoms with van der Waals surface area (Å²) >= 11 is 0. The lowest BCUT2D eigenvalue weighted by Crippen LogP contribution is -2.48. The van der Waals surface area contributed by atoms with Gasteiger partial charge in [0.15, 0.2) is 5.75 Å². The largest absolute Gasteiger partial charge is 0.507 e. The van der Waals surface area contributed by atoms with Crippen molar-refractivity contribution < 1.29 is 91.7 Å². The number of rotatable bonds is 12. The normalized spacial score (nSPS) is 26.0. The zero-order valence-electron chi connectivity index (χ0n) is 45.8. The number of allylic oxidation sites excluding steroid dienone is 2. The number of likely N-dealkylation sites (tertiary alicyclic amines) is 1. The average Bonchev–Trinajstić information content (AvgIpc) is 3.83. The summed E-state index contributed by atoms with van der Waals surface area (Å²) in [4.78, 5) is 119. The number of nitrogens with one attached hydrogen (secondary N) is 2. The number of phenolic OH excluding ortho intramolecular Hbond substituents is 2. The summed E-state index contributed by atoms with van der Waals surface area (Å²) in [5.41, 5.74) is -3.84. The fraction of sp³-hybridized carbons (Fsp3) is 0.588. The van der Waals surface area contributed by atoms with Crippen molar-refractivity contribution in [1.82, 2.24) is 15.1 Å². The molecule has 2 bridgehead atoms. The van der Waals surface area contributed by atoms with Crippen LogP contribution < -0.4 is 26.1 Å². The van der Waals surface area contributed by atoms with Crippen molar-refractivity contribution in [2.45, 2.75) is 118 Å². The molecule has 9 N–H and O–H groups in total. The van der Waals surface area contributed by atoms with Gasteiger partial charge in [0.2, 0.25) is 5.52 Å². The molecule has 3 aliphatic rings. The average molecular weight is 1140 g/mol. The van der Waals surface area contributed by atoms with Gasteiger partial charge in [-0.3, -0.25) is 28.5 Å². The summed E-state index contributed by atoms with van der Waals surface area (Å²) < 4.78 is 53.1. The molecule has 78 heavy (non-hydrogen) atoms. The number of carbonyl (C=O) groups excluding carboxylic acids is 5. The van der Waals surface area contributed by atoms with Gasteiger partial charge in [-0.25, -0.2) is 14.6 Å². The number of aliphatic hydroxyl groups is 1. The summed E-state index contributed by atoms with van der Waals surface area (Å²) in [5, 5.41) is 40.9. The highest BCUT2D eigenvalue weighted by Crippen LogP contribution is 2.58. The highest BCUT2D eigenvalue weighted by atomic mass is 31.2. The van der Waals surface area contributed by atoms with E-state index in [0.29, 0.717) is 36.7 Å². The molecule has 432 valence electrons. The van der Waals surface area contributed by atoms with E-state index in [-0.39, 0.29) is 56.2 Å². The zero-order chi connectivity index (χ0) is 58.5. The van der Waals surface area contributed by atoms with Crippen LogP contribution in [0.2, 0.25) is 0 Å². The minimum atomic E-state index is -5.61. The van der Waals surface area contributed by atoms with Gasteiger partial charge in [0, 0.05) is 93.8 Å². The van der Waals surface area contributed by atoms with Gasteiger partial charge in [-0.2, -0.15) is 0 Å². The number of carbonyl (C=O) groups is 5. The third-order valence-electron chi connectivity index (χ3n) is 14.2. The molecule has 0 unspecified atom stereocenters. The smallest absolute Gasteiger partial charge is 0.360 e. The third kappa shape index (κ3) is 14.3. The number of anilines is 1. The van der Waals surface area contributed by atoms with Gasteiger partial charge < -0.3 is 79.0 Å². The fourth-order valence-corrected chi connectivity index (χ4v) is 12.2. The first-order chi connectivity index (χ1) is 36.3. The molecule has 0 aromatic heterocycles. The Kier molecular flexibility index (Phi) is 20.7. The summed E-state index contributed by atoms with van der Waals surface area (Å²) in [7, 11) is -8.88. The van der Waals surface area contributed by atoms with Crippen molar-refractivity contribution in [2.24, 2.45) is 39.6 Å². The number of urea groups is 1. The molecule has 0 aliphatic carbocycles. The summed E-state index contributed by atoms with van der Waals surface area (Å²) in [5.74, 6) is -8.16. The van der Waals surface area contributed by atoms with Crippen LogP contribution in [-0.4, -0.2) is 157 Å². The highest BCUT2D eigenvalue weighted by Gasteiger charge is 2.46. The maximum Gasteiger partial charge on any atom is 0.360 e. The number of aromatic hydroxyl groups is 2. The Hall–Kier alpha value is -5.75. The minimum absolute atomic E-state index is 0.00576. The molecule has 3 heterocycles. The molecule has 3 amide bonds. The summed E-state index contributed by atoms with van der Waals surface area (Å²) in [6, 6.07) is -1.46. The number of methoxy groups -OCH3 is 1. The Bertz CT molecular complexity index is 2920. The monoisotopic (exact) mass is 1140 g/mol. The van der Waals surface area contributed by atoms with Gasteiger partial charge >= 0.3 is 39.1 Å². The molecule has 3 aliphatic heterocycles. The Labute approximate surface area is 451 Å². The molecule has 25 nitrogen and oxygen atoms in total. The number of esters is 3. The number of nitrogens with zero attached hydrogens (tertiary/aromatic N) is 4. The predicted octanol–water partition coefficient (Wildman–Crippen LogP) is 3.83. The van der Waals surface area contributed by atoms with Crippen LogP contribution >= 0.6 is 15.2 Å². The first kappa shape index (κ1) is 63.1. The summed E-state index contributed by atoms with van der Waals surface area (Å²) in [6.45, 7) is 17.6. The van der Waals surface area contributed by atoms with E-state index in [9.17, 15) is 68.0 Å². The molecule has 8 atom stereocenters. The molecule has 1 spiro atoms. The lowest BCUT2D eigenvalue weighted by atomic mass is 9.78. The number of benzene rings is 2. The van der Waals surface area contributed by atoms with E-state index >= 15 is 0 Å². The molecule has 2 aromatic carbocycles. The van der Waals surface area contributed by atoms with E-state index < -0.39 is 122 Å². The second-order valence-electron chi connectivity index (χ2n) is 20.6. The molecule has 2 aromatic rings. The number of likely N-dealkylation sites (N-methyl/N-ethyl adjacent to an activating group) is 1. The maximum absolute atomic E-state index is 14.7. The van der Waals surface area contributed by atoms with Crippen LogP contribution in [0.25, 0.3) is 10.8 Å². The fourth-order valence-electron chi connectivity index (χ4n) is 10.1. The van der Waals surface area contributed by atoms with Crippen molar-refractivity contribution in [3.63, 3.8) is 0 Å². The number of piperidine rings is 1. The van der Waals surface area contributed by atoms with Gasteiger partial charge in [0.1, 0.15) is 52.2 Å². The predicted molar refractivity (Wildman–Crippen MR) is 283 cm³/mol. The number of phenols is 2. The molecule has 0 saturated carbocycles.